The van der Waals surface area contributed by atoms with Crippen LogP contribution < -0.4 is 15.2 Å². The monoisotopic (exact) mass is 431 g/mol. The number of sulfonamides is 2. The first-order valence-electron chi connectivity index (χ1n) is 7.94. The highest BCUT2D eigenvalue weighted by atomic mass is 32.2. The summed E-state index contributed by atoms with van der Waals surface area (Å²) in [5.74, 6) is -1.11. The van der Waals surface area contributed by atoms with Crippen LogP contribution in [0.1, 0.15) is 19.4 Å². The maximum absolute atomic E-state index is 12.6. The van der Waals surface area contributed by atoms with Crippen molar-refractivity contribution in [2.75, 3.05) is 5.32 Å². The number of carbonyl (C=O) groups is 1. The highest BCUT2D eigenvalue weighted by Crippen LogP contribution is 2.18. The summed E-state index contributed by atoms with van der Waals surface area (Å²) in [4.78, 5) is 12.6. The van der Waals surface area contributed by atoms with Crippen molar-refractivity contribution in [3.8, 4) is 0 Å². The van der Waals surface area contributed by atoms with Gasteiger partial charge in [-0.2, -0.15) is 4.72 Å². The Morgan fingerprint density at radius 3 is 2.22 bits per heavy atom. The number of nitrogens with two attached hydrogens (primary N) is 1. The number of primary sulfonamides is 1. The van der Waals surface area contributed by atoms with Gasteiger partial charge in [0, 0.05) is 5.69 Å². The molecule has 0 saturated carbocycles. The number of hydrogen-bond acceptors (Lipinski definition) is 6. The van der Waals surface area contributed by atoms with Crippen LogP contribution in [0, 0.1) is 5.92 Å². The van der Waals surface area contributed by atoms with E-state index in [1.54, 1.807) is 25.3 Å². The molecule has 1 unspecified atom stereocenters. The molecule has 0 aliphatic rings. The second-order valence-electron chi connectivity index (χ2n) is 6.27. The van der Waals surface area contributed by atoms with Crippen LogP contribution in [0.4, 0.5) is 5.69 Å². The minimum Gasteiger partial charge on any atom is -0.325 e. The number of nitrogens with one attached hydrogen (secondary N) is 2. The van der Waals surface area contributed by atoms with Gasteiger partial charge in [-0.1, -0.05) is 32.0 Å². The Balaban J connectivity index is 2.11. The molecule has 0 fully saturated rings. The first kappa shape index (κ1) is 21.5. The molecule has 0 aliphatic heterocycles. The van der Waals surface area contributed by atoms with Crippen molar-refractivity contribution in [2.45, 2.75) is 29.9 Å². The van der Waals surface area contributed by atoms with E-state index in [2.05, 4.69) is 10.0 Å². The summed E-state index contributed by atoms with van der Waals surface area (Å²) < 4.78 is 49.6. The summed E-state index contributed by atoms with van der Waals surface area (Å²) in [6.07, 6.45) is 0. The number of anilines is 1. The third-order valence-electron chi connectivity index (χ3n) is 3.58. The number of amides is 1. The predicted molar refractivity (Wildman–Crippen MR) is 105 cm³/mol. The average molecular weight is 432 g/mol. The lowest BCUT2D eigenvalue weighted by molar-refractivity contribution is -0.118. The molecule has 1 atom stereocenters. The maximum Gasteiger partial charge on any atom is 0.250 e. The Kier molecular flexibility index (Phi) is 6.76. The summed E-state index contributed by atoms with van der Waals surface area (Å²) >= 11 is 1.06. The highest BCUT2D eigenvalue weighted by molar-refractivity contribution is 7.91. The van der Waals surface area contributed by atoms with E-state index in [9.17, 15) is 21.6 Å². The molecule has 1 aromatic carbocycles. The molecular weight excluding hydrogens is 410 g/mol. The van der Waals surface area contributed by atoms with Crippen LogP contribution in [0.3, 0.4) is 0 Å². The van der Waals surface area contributed by atoms with Gasteiger partial charge in [0.05, 0.1) is 5.75 Å². The van der Waals surface area contributed by atoms with Crippen LogP contribution in [0.25, 0.3) is 0 Å². The molecule has 1 amide bonds. The molecule has 4 N–H and O–H groups in total. The normalized spacial score (nSPS) is 13.5. The Labute approximate surface area is 162 Å². The quantitative estimate of drug-likeness (QED) is 0.582. The highest BCUT2D eigenvalue weighted by Gasteiger charge is 2.29. The molecule has 0 radical (unpaired) electrons. The number of benzene rings is 1. The molecule has 0 bridgehead atoms. The minimum absolute atomic E-state index is 0.133. The Morgan fingerprint density at radius 1 is 1.11 bits per heavy atom. The number of hydrogen-bond donors (Lipinski definition) is 3. The van der Waals surface area contributed by atoms with Crippen molar-refractivity contribution in [3.05, 3.63) is 47.3 Å². The van der Waals surface area contributed by atoms with Gasteiger partial charge in [-0.25, -0.2) is 22.0 Å². The molecule has 2 rings (SSSR count). The van der Waals surface area contributed by atoms with E-state index in [1.165, 1.54) is 30.3 Å². The molecule has 8 nitrogen and oxygen atoms in total. The smallest absolute Gasteiger partial charge is 0.250 e. The fourth-order valence-electron chi connectivity index (χ4n) is 2.27. The van der Waals surface area contributed by atoms with E-state index in [0.717, 1.165) is 11.3 Å². The van der Waals surface area contributed by atoms with Crippen LogP contribution >= 0.6 is 11.3 Å². The fraction of sp³-hybridized carbons (Fsp3) is 0.312. The van der Waals surface area contributed by atoms with Crippen molar-refractivity contribution in [1.29, 1.82) is 0 Å². The van der Waals surface area contributed by atoms with Crippen molar-refractivity contribution in [2.24, 2.45) is 11.1 Å². The van der Waals surface area contributed by atoms with E-state index in [-0.39, 0.29) is 15.9 Å². The van der Waals surface area contributed by atoms with Gasteiger partial charge in [0.15, 0.2) is 0 Å². The molecule has 11 heteroatoms. The van der Waals surface area contributed by atoms with Gasteiger partial charge in [0.25, 0.3) is 10.0 Å². The largest absolute Gasteiger partial charge is 0.325 e. The van der Waals surface area contributed by atoms with Crippen LogP contribution in [0.15, 0.2) is 46.0 Å². The molecule has 1 aromatic heterocycles. The zero-order valence-electron chi connectivity index (χ0n) is 14.7. The first-order valence-corrected chi connectivity index (χ1v) is 12.0. The second kappa shape index (κ2) is 8.48. The first-order chi connectivity index (χ1) is 12.5. The maximum atomic E-state index is 12.6. The van der Waals surface area contributed by atoms with Gasteiger partial charge in [-0.3, -0.25) is 4.79 Å². The Bertz CT molecular complexity index is 982. The van der Waals surface area contributed by atoms with Crippen molar-refractivity contribution in [3.63, 3.8) is 0 Å². The SMILES string of the molecule is CC(C)C(NS(=O)(=O)c1cccs1)C(=O)Nc1ccc(CS(N)(=O)=O)cc1. The molecule has 2 aromatic rings. The Morgan fingerprint density at radius 2 is 1.74 bits per heavy atom. The van der Waals surface area contributed by atoms with Crippen LogP contribution in [-0.4, -0.2) is 28.8 Å². The van der Waals surface area contributed by atoms with Gasteiger partial charge in [0.2, 0.25) is 15.9 Å². The molecule has 27 heavy (non-hydrogen) atoms. The molecule has 1 heterocycles. The van der Waals surface area contributed by atoms with Gasteiger partial charge >= 0.3 is 0 Å². The average Bonchev–Trinajstić information content (AvgIpc) is 3.08. The van der Waals surface area contributed by atoms with Crippen LogP contribution in [0.2, 0.25) is 0 Å². The zero-order valence-corrected chi connectivity index (χ0v) is 17.2. The van der Waals surface area contributed by atoms with E-state index in [1.807, 2.05) is 0 Å². The molecular formula is C16H21N3O5S3. The predicted octanol–water partition coefficient (Wildman–Crippen LogP) is 1.48. The zero-order chi connectivity index (χ0) is 20.2. The van der Waals surface area contributed by atoms with Gasteiger partial charge in [-0.05, 0) is 35.1 Å². The Hall–Kier alpha value is -1.79. The third-order valence-corrected chi connectivity index (χ3v) is 7.15. The van der Waals surface area contributed by atoms with Gasteiger partial charge in [0.1, 0.15) is 10.3 Å². The number of thiophene rings is 1. The topological polar surface area (TPSA) is 135 Å². The van der Waals surface area contributed by atoms with E-state index in [0.29, 0.717) is 11.3 Å². The molecule has 0 saturated heterocycles. The van der Waals surface area contributed by atoms with E-state index in [4.69, 9.17) is 5.14 Å². The number of carbonyl (C=O) groups excluding carboxylic acids is 1. The second-order valence-corrected chi connectivity index (χ2v) is 10.8. The fourth-order valence-corrected chi connectivity index (χ4v) is 5.28. The minimum atomic E-state index is -3.80. The summed E-state index contributed by atoms with van der Waals surface area (Å²) in [6.45, 7) is 3.47. The summed E-state index contributed by atoms with van der Waals surface area (Å²) in [5.41, 5.74) is 0.897. The standard InChI is InChI=1S/C16H21N3O5S3/c1-11(2)15(19-27(23,24)14-4-3-9-25-14)16(20)18-13-7-5-12(6-8-13)10-26(17,21)22/h3-9,11,15,19H,10H2,1-2H3,(H,18,20)(H2,17,21,22). The van der Waals surface area contributed by atoms with Crippen molar-refractivity contribution < 1.29 is 21.6 Å². The lowest BCUT2D eigenvalue weighted by Crippen LogP contribution is -2.46. The lowest BCUT2D eigenvalue weighted by atomic mass is 10.0. The lowest BCUT2D eigenvalue weighted by Gasteiger charge is -2.21. The van der Waals surface area contributed by atoms with Gasteiger partial charge < -0.3 is 5.32 Å². The third kappa shape index (κ3) is 6.40. The summed E-state index contributed by atoms with van der Waals surface area (Å²) in [6, 6.07) is 8.23. The molecule has 148 valence electrons. The van der Waals surface area contributed by atoms with E-state index >= 15 is 0 Å². The van der Waals surface area contributed by atoms with Crippen LogP contribution in [0.5, 0.6) is 0 Å². The van der Waals surface area contributed by atoms with Crippen LogP contribution in [-0.2, 0) is 30.6 Å². The number of rotatable bonds is 8. The molecule has 0 aliphatic carbocycles. The summed E-state index contributed by atoms with van der Waals surface area (Å²) in [5, 5.41) is 9.28. The summed E-state index contributed by atoms with van der Waals surface area (Å²) in [7, 11) is -7.44. The van der Waals surface area contributed by atoms with Gasteiger partial charge in [-0.15, -0.1) is 11.3 Å². The van der Waals surface area contributed by atoms with E-state index < -0.39 is 32.0 Å². The van der Waals surface area contributed by atoms with Crippen molar-refractivity contribution >= 4 is 43.0 Å². The van der Waals surface area contributed by atoms with Crippen molar-refractivity contribution in [1.82, 2.24) is 4.72 Å². The molecule has 0 spiro atoms.